The maximum Gasteiger partial charge on any atom is 0.296 e. The van der Waals surface area contributed by atoms with Gasteiger partial charge in [-0.3, -0.25) is 14.2 Å². The molecule has 1 fully saturated rings. The van der Waals surface area contributed by atoms with E-state index in [0.717, 1.165) is 19.3 Å². The molecule has 1 aromatic rings. The number of nitrogens with zero attached hydrogens (tertiary/aromatic N) is 3. The Morgan fingerprint density at radius 3 is 2.52 bits per heavy atom. The molecule has 1 aliphatic heterocycles. The van der Waals surface area contributed by atoms with Crippen molar-refractivity contribution in [1.29, 1.82) is 0 Å². The number of carbonyl (C=O) groups is 1. The lowest BCUT2D eigenvalue weighted by Gasteiger charge is -2.46. The number of guanidine groups is 2. The molecule has 0 atom stereocenters. The van der Waals surface area contributed by atoms with Crippen LogP contribution in [0.1, 0.15) is 39.0 Å². The first kappa shape index (κ1) is 19.1. The highest BCUT2D eigenvalue weighted by atomic mass is 32.2. The van der Waals surface area contributed by atoms with Crippen molar-refractivity contribution in [3.05, 3.63) is 18.2 Å². The molecule has 1 aliphatic carbocycles. The Kier molecular flexibility index (Phi) is 4.82. The molecule has 27 heavy (non-hydrogen) atoms. The Morgan fingerprint density at radius 2 is 1.93 bits per heavy atom. The van der Waals surface area contributed by atoms with E-state index in [1.54, 1.807) is 0 Å². The molecule has 0 saturated heterocycles. The number of amides is 1. The van der Waals surface area contributed by atoms with E-state index in [4.69, 9.17) is 11.5 Å². The van der Waals surface area contributed by atoms with Gasteiger partial charge in [0.25, 0.3) is 10.1 Å². The third-order valence-corrected chi connectivity index (χ3v) is 5.55. The topological polar surface area (TPSA) is 163 Å². The fraction of sp³-hybridized carbons (Fsp3) is 0.438. The van der Waals surface area contributed by atoms with Crippen molar-refractivity contribution in [3.8, 4) is 0 Å². The standard InChI is InChI=1S/C16H22N6O4S/c1-10(23)19-11-5-6-13(27(24,25)26)12(9-11)22-15(18)20-14(17)21-16(22)7-3-2-4-8-16/h5-6,9H,2-4,7-8H2,1H3,(H,19,23)(H,24,25,26)(H4,17,18,20,21). The maximum atomic E-state index is 12.0. The number of nitrogens with two attached hydrogens (primary N) is 2. The number of rotatable bonds is 3. The lowest BCUT2D eigenvalue weighted by Crippen LogP contribution is -2.58. The van der Waals surface area contributed by atoms with Crippen LogP contribution in [0.4, 0.5) is 11.4 Å². The van der Waals surface area contributed by atoms with Gasteiger partial charge in [-0.05, 0) is 43.9 Å². The first-order valence-corrected chi connectivity index (χ1v) is 9.95. The first-order valence-electron chi connectivity index (χ1n) is 8.51. The number of hydrogen-bond donors (Lipinski definition) is 4. The minimum Gasteiger partial charge on any atom is -0.369 e. The van der Waals surface area contributed by atoms with Crippen LogP contribution < -0.4 is 21.7 Å². The van der Waals surface area contributed by atoms with Crippen LogP contribution in [0.2, 0.25) is 0 Å². The van der Waals surface area contributed by atoms with Crippen molar-refractivity contribution < 1.29 is 17.8 Å². The second-order valence-electron chi connectivity index (χ2n) is 6.66. The van der Waals surface area contributed by atoms with Crippen LogP contribution in [0, 0.1) is 0 Å². The molecule has 0 radical (unpaired) electrons. The molecule has 0 bridgehead atoms. The van der Waals surface area contributed by atoms with Crippen LogP contribution in [0.5, 0.6) is 0 Å². The van der Waals surface area contributed by atoms with Gasteiger partial charge in [-0.15, -0.1) is 0 Å². The Labute approximate surface area is 157 Å². The Bertz CT molecular complexity index is 934. The van der Waals surface area contributed by atoms with Crippen LogP contribution in [-0.2, 0) is 14.9 Å². The normalized spacial score (nSPS) is 19.4. The van der Waals surface area contributed by atoms with E-state index >= 15 is 0 Å². The summed E-state index contributed by atoms with van der Waals surface area (Å²) in [4.78, 5) is 21.0. The Hall–Kier alpha value is -2.66. The van der Waals surface area contributed by atoms with Crippen LogP contribution in [0.25, 0.3) is 0 Å². The maximum absolute atomic E-state index is 12.0. The van der Waals surface area contributed by atoms with Crippen molar-refractivity contribution >= 4 is 39.3 Å². The quantitative estimate of drug-likeness (QED) is 0.555. The molecule has 3 rings (SSSR count). The third kappa shape index (κ3) is 3.74. The molecule has 1 amide bonds. The summed E-state index contributed by atoms with van der Waals surface area (Å²) in [5.74, 6) is -0.318. The van der Waals surface area contributed by atoms with E-state index < -0.39 is 15.8 Å². The number of carbonyl (C=O) groups excluding carboxylic acids is 1. The number of hydrogen-bond acceptors (Lipinski definition) is 8. The number of benzene rings is 1. The average Bonchev–Trinajstić information content (AvgIpc) is 2.53. The van der Waals surface area contributed by atoms with Gasteiger partial charge < -0.3 is 16.8 Å². The molecule has 0 unspecified atom stereocenters. The summed E-state index contributed by atoms with van der Waals surface area (Å²) in [5, 5.41) is 2.59. The highest BCUT2D eigenvalue weighted by Crippen LogP contribution is 2.42. The molecular formula is C16H22N6O4S. The van der Waals surface area contributed by atoms with Crippen molar-refractivity contribution in [2.45, 2.75) is 49.6 Å². The van der Waals surface area contributed by atoms with Gasteiger partial charge in [0, 0.05) is 12.6 Å². The van der Waals surface area contributed by atoms with Gasteiger partial charge in [-0.2, -0.15) is 13.4 Å². The summed E-state index contributed by atoms with van der Waals surface area (Å²) < 4.78 is 33.7. The molecule has 0 aromatic heterocycles. The van der Waals surface area contributed by atoms with Crippen molar-refractivity contribution in [2.75, 3.05) is 10.2 Å². The number of anilines is 2. The van der Waals surface area contributed by atoms with E-state index in [9.17, 15) is 17.8 Å². The second kappa shape index (κ2) is 6.82. The van der Waals surface area contributed by atoms with Gasteiger partial charge in [-0.25, -0.2) is 4.99 Å². The number of aliphatic imine (C=N–C) groups is 2. The Morgan fingerprint density at radius 1 is 1.26 bits per heavy atom. The molecule has 1 aromatic carbocycles. The van der Waals surface area contributed by atoms with E-state index in [0.29, 0.717) is 18.5 Å². The minimum atomic E-state index is -4.56. The SMILES string of the molecule is CC(=O)Nc1ccc(S(=O)(=O)O)c(N2C(N)=NC(N)=NC23CCCCC3)c1. The molecule has 1 saturated carbocycles. The summed E-state index contributed by atoms with van der Waals surface area (Å²) in [7, 11) is -4.56. The molecule has 6 N–H and O–H groups in total. The molecule has 2 aliphatic rings. The summed E-state index contributed by atoms with van der Waals surface area (Å²) in [6, 6.07) is 4.03. The van der Waals surface area contributed by atoms with Gasteiger partial charge in [0.2, 0.25) is 17.8 Å². The summed E-state index contributed by atoms with van der Waals surface area (Å²) in [5.41, 5.74) is 11.5. The third-order valence-electron chi connectivity index (χ3n) is 4.65. The predicted octanol–water partition coefficient (Wildman–Crippen LogP) is 1.00. The van der Waals surface area contributed by atoms with Gasteiger partial charge in [0.15, 0.2) is 0 Å². The lowest BCUT2D eigenvalue weighted by molar-refractivity contribution is -0.114. The molecule has 1 heterocycles. The zero-order valence-electron chi connectivity index (χ0n) is 14.8. The minimum absolute atomic E-state index is 0.0192. The highest BCUT2D eigenvalue weighted by molar-refractivity contribution is 7.86. The van der Waals surface area contributed by atoms with Gasteiger partial charge in [-0.1, -0.05) is 6.42 Å². The second-order valence-corrected chi connectivity index (χ2v) is 8.05. The smallest absolute Gasteiger partial charge is 0.296 e. The molecule has 11 heteroatoms. The van der Waals surface area contributed by atoms with Crippen LogP contribution in [0.3, 0.4) is 0 Å². The fourth-order valence-electron chi connectivity index (χ4n) is 3.66. The molecule has 1 spiro atoms. The fourth-order valence-corrected chi connectivity index (χ4v) is 4.32. The van der Waals surface area contributed by atoms with Gasteiger partial charge in [0.1, 0.15) is 10.6 Å². The summed E-state index contributed by atoms with van der Waals surface area (Å²) in [6.45, 7) is 1.33. The van der Waals surface area contributed by atoms with Crippen molar-refractivity contribution in [1.82, 2.24) is 0 Å². The number of nitrogens with one attached hydrogen (secondary N) is 1. The van der Waals surface area contributed by atoms with Crippen molar-refractivity contribution in [2.24, 2.45) is 21.5 Å². The van der Waals surface area contributed by atoms with Crippen molar-refractivity contribution in [3.63, 3.8) is 0 Å². The largest absolute Gasteiger partial charge is 0.369 e. The van der Waals surface area contributed by atoms with E-state index in [2.05, 4.69) is 15.3 Å². The van der Waals surface area contributed by atoms with Gasteiger partial charge >= 0.3 is 0 Å². The van der Waals surface area contributed by atoms with Crippen LogP contribution in [0.15, 0.2) is 33.1 Å². The van der Waals surface area contributed by atoms with Crippen LogP contribution in [-0.4, -0.2) is 36.5 Å². The zero-order chi connectivity index (χ0) is 19.8. The van der Waals surface area contributed by atoms with E-state index in [-0.39, 0.29) is 28.4 Å². The van der Waals surface area contributed by atoms with E-state index in [1.165, 1.54) is 30.0 Å². The first-order chi connectivity index (χ1) is 12.6. The molecule has 10 nitrogen and oxygen atoms in total. The predicted molar refractivity (Wildman–Crippen MR) is 102 cm³/mol. The Balaban J connectivity index is 2.22. The summed E-state index contributed by atoms with van der Waals surface area (Å²) >= 11 is 0. The van der Waals surface area contributed by atoms with E-state index in [1.807, 2.05) is 0 Å². The van der Waals surface area contributed by atoms with Crippen LogP contribution >= 0.6 is 0 Å². The molecular weight excluding hydrogens is 372 g/mol. The summed E-state index contributed by atoms with van der Waals surface area (Å²) in [6.07, 6.45) is 3.91. The lowest BCUT2D eigenvalue weighted by atomic mass is 9.87. The average molecular weight is 394 g/mol. The highest BCUT2D eigenvalue weighted by Gasteiger charge is 2.44. The van der Waals surface area contributed by atoms with Gasteiger partial charge in [0.05, 0.1) is 5.69 Å². The monoisotopic (exact) mass is 394 g/mol. The zero-order valence-corrected chi connectivity index (χ0v) is 15.7. The molecule has 146 valence electrons.